The average Bonchev–Trinajstić information content (AvgIpc) is 2.70. The third-order valence-corrected chi connectivity index (χ3v) is 5.91. The second kappa shape index (κ2) is 8.12. The number of nitrogens with one attached hydrogen (secondary N) is 1. The van der Waals surface area contributed by atoms with Crippen LogP contribution in [-0.2, 0) is 10.0 Å². The number of amides is 1. The summed E-state index contributed by atoms with van der Waals surface area (Å²) in [4.78, 5) is 14.6. The first-order chi connectivity index (χ1) is 13.8. The second-order valence-electron chi connectivity index (χ2n) is 6.47. The Labute approximate surface area is 170 Å². The minimum Gasteiger partial charge on any atom is -0.493 e. The minimum atomic E-state index is -3.86. The quantitative estimate of drug-likeness (QED) is 0.775. The lowest BCUT2D eigenvalue weighted by molar-refractivity contribution is 0.102. The van der Waals surface area contributed by atoms with Gasteiger partial charge in [0, 0.05) is 23.9 Å². The highest BCUT2D eigenvalue weighted by atomic mass is 32.2. The van der Waals surface area contributed by atoms with Crippen LogP contribution < -0.4 is 19.7 Å². The van der Waals surface area contributed by atoms with Gasteiger partial charge in [0.1, 0.15) is 10.7 Å². The molecule has 0 bridgehead atoms. The van der Waals surface area contributed by atoms with Gasteiger partial charge in [-0.2, -0.15) is 8.42 Å². The number of sulfonamides is 1. The van der Waals surface area contributed by atoms with Gasteiger partial charge in [0.25, 0.3) is 15.9 Å². The van der Waals surface area contributed by atoms with E-state index in [-0.39, 0.29) is 10.5 Å². The number of rotatable bonds is 6. The third kappa shape index (κ3) is 4.04. The highest BCUT2D eigenvalue weighted by Crippen LogP contribution is 2.33. The highest BCUT2D eigenvalue weighted by Gasteiger charge is 2.29. The van der Waals surface area contributed by atoms with Crippen LogP contribution in [0, 0.1) is 0 Å². The van der Waals surface area contributed by atoms with E-state index in [1.807, 2.05) is 11.8 Å². The molecule has 1 amide bonds. The SMILES string of the molecule is CCCN1C(C)=NS(=O)(=O)c2cc(C(=O)Nc3ccc(OC)c(OC)c3)ccc21. The summed E-state index contributed by atoms with van der Waals surface area (Å²) in [6.07, 6.45) is 0.827. The molecule has 0 unspecified atom stereocenters. The molecule has 154 valence electrons. The highest BCUT2D eigenvalue weighted by molar-refractivity contribution is 7.90. The van der Waals surface area contributed by atoms with Gasteiger partial charge >= 0.3 is 0 Å². The van der Waals surface area contributed by atoms with E-state index in [0.717, 1.165) is 6.42 Å². The van der Waals surface area contributed by atoms with E-state index in [0.29, 0.717) is 35.3 Å². The summed E-state index contributed by atoms with van der Waals surface area (Å²) >= 11 is 0. The van der Waals surface area contributed by atoms with Gasteiger partial charge in [0.15, 0.2) is 11.5 Å². The predicted octanol–water partition coefficient (Wildman–Crippen LogP) is 3.29. The van der Waals surface area contributed by atoms with Crippen molar-refractivity contribution in [3.63, 3.8) is 0 Å². The third-order valence-electron chi connectivity index (χ3n) is 4.52. The maximum absolute atomic E-state index is 12.7. The molecule has 3 rings (SSSR count). The number of hydrogen-bond acceptors (Lipinski definition) is 6. The fourth-order valence-electron chi connectivity index (χ4n) is 3.15. The van der Waals surface area contributed by atoms with Gasteiger partial charge in [0.2, 0.25) is 0 Å². The number of carbonyl (C=O) groups is 1. The van der Waals surface area contributed by atoms with Crippen LogP contribution in [0.25, 0.3) is 0 Å². The lowest BCUT2D eigenvalue weighted by Gasteiger charge is -2.29. The van der Waals surface area contributed by atoms with E-state index in [4.69, 9.17) is 9.47 Å². The molecule has 0 saturated carbocycles. The van der Waals surface area contributed by atoms with Crippen molar-refractivity contribution in [1.82, 2.24) is 0 Å². The summed E-state index contributed by atoms with van der Waals surface area (Å²) in [5.74, 6) is 0.985. The Kier molecular flexibility index (Phi) is 5.78. The van der Waals surface area contributed by atoms with Crippen LogP contribution in [0.5, 0.6) is 11.5 Å². The Balaban J connectivity index is 1.93. The van der Waals surface area contributed by atoms with Gasteiger partial charge < -0.3 is 19.7 Å². The summed E-state index contributed by atoms with van der Waals surface area (Å²) in [5, 5.41) is 2.74. The maximum Gasteiger partial charge on any atom is 0.286 e. The average molecular weight is 417 g/mol. The predicted molar refractivity (Wildman–Crippen MR) is 112 cm³/mol. The van der Waals surface area contributed by atoms with E-state index < -0.39 is 15.9 Å². The molecule has 9 heteroatoms. The zero-order chi connectivity index (χ0) is 21.2. The Morgan fingerprint density at radius 1 is 1.10 bits per heavy atom. The van der Waals surface area contributed by atoms with Crippen LogP contribution in [0.1, 0.15) is 30.6 Å². The molecule has 0 aromatic heterocycles. The molecule has 0 saturated heterocycles. The van der Waals surface area contributed by atoms with Crippen LogP contribution >= 0.6 is 0 Å². The van der Waals surface area contributed by atoms with Gasteiger partial charge in [-0.05, 0) is 43.7 Å². The van der Waals surface area contributed by atoms with E-state index in [1.54, 1.807) is 37.3 Å². The number of ether oxygens (including phenoxy) is 2. The second-order valence-corrected chi connectivity index (χ2v) is 8.04. The first kappa shape index (κ1) is 20.7. The fourth-order valence-corrected chi connectivity index (χ4v) is 4.42. The number of benzene rings is 2. The molecule has 2 aromatic carbocycles. The van der Waals surface area contributed by atoms with Crippen LogP contribution in [0.4, 0.5) is 11.4 Å². The van der Waals surface area contributed by atoms with Crippen molar-refractivity contribution in [3.05, 3.63) is 42.0 Å². The Morgan fingerprint density at radius 3 is 2.48 bits per heavy atom. The van der Waals surface area contributed by atoms with Crippen molar-refractivity contribution in [2.24, 2.45) is 4.40 Å². The van der Waals surface area contributed by atoms with E-state index >= 15 is 0 Å². The van der Waals surface area contributed by atoms with Crippen molar-refractivity contribution < 1.29 is 22.7 Å². The molecular formula is C20H23N3O5S. The van der Waals surface area contributed by atoms with Crippen LogP contribution in [-0.4, -0.2) is 40.9 Å². The molecule has 0 radical (unpaired) electrons. The van der Waals surface area contributed by atoms with Crippen LogP contribution in [0.15, 0.2) is 45.7 Å². The largest absolute Gasteiger partial charge is 0.493 e. The standard InChI is InChI=1S/C20H23N3O5S/c1-5-10-23-13(2)22-29(25,26)19-11-14(6-8-16(19)23)20(24)21-15-7-9-17(27-3)18(12-15)28-4/h6-9,11-12H,5,10H2,1-4H3,(H,21,24). The number of fused-ring (bicyclic) bond motifs is 1. The van der Waals surface area contributed by atoms with Crippen molar-refractivity contribution in [3.8, 4) is 11.5 Å². The molecule has 1 heterocycles. The Morgan fingerprint density at radius 2 is 1.83 bits per heavy atom. The van der Waals surface area contributed by atoms with E-state index in [1.165, 1.54) is 20.3 Å². The van der Waals surface area contributed by atoms with Gasteiger partial charge in [-0.15, -0.1) is 4.40 Å². The number of anilines is 2. The van der Waals surface area contributed by atoms with E-state index in [9.17, 15) is 13.2 Å². The molecule has 2 aromatic rings. The summed E-state index contributed by atoms with van der Waals surface area (Å²) in [7, 11) is -0.835. The lowest BCUT2D eigenvalue weighted by atomic mass is 10.1. The molecular weight excluding hydrogens is 394 g/mol. The van der Waals surface area contributed by atoms with Gasteiger partial charge in [-0.25, -0.2) is 0 Å². The summed E-state index contributed by atoms with van der Waals surface area (Å²) in [6, 6.07) is 9.58. The first-order valence-electron chi connectivity index (χ1n) is 9.07. The molecule has 8 nitrogen and oxygen atoms in total. The maximum atomic E-state index is 12.7. The van der Waals surface area contributed by atoms with Crippen LogP contribution in [0.3, 0.4) is 0 Å². The van der Waals surface area contributed by atoms with Crippen molar-refractivity contribution in [2.75, 3.05) is 31.0 Å². The smallest absolute Gasteiger partial charge is 0.286 e. The zero-order valence-corrected chi connectivity index (χ0v) is 17.5. The number of amidine groups is 1. The molecule has 0 fully saturated rings. The van der Waals surface area contributed by atoms with Crippen molar-refractivity contribution in [2.45, 2.75) is 25.2 Å². The van der Waals surface area contributed by atoms with Gasteiger partial charge in [-0.3, -0.25) is 4.79 Å². The fraction of sp³-hybridized carbons (Fsp3) is 0.300. The van der Waals surface area contributed by atoms with Crippen molar-refractivity contribution >= 4 is 33.1 Å². The summed E-state index contributed by atoms with van der Waals surface area (Å²) in [5.41, 5.74) is 1.24. The summed E-state index contributed by atoms with van der Waals surface area (Å²) in [6.45, 7) is 4.30. The topological polar surface area (TPSA) is 97.3 Å². The number of nitrogens with zero attached hydrogens (tertiary/aromatic N) is 2. The summed E-state index contributed by atoms with van der Waals surface area (Å²) < 4.78 is 39.3. The molecule has 0 atom stereocenters. The van der Waals surface area contributed by atoms with Crippen LogP contribution in [0.2, 0.25) is 0 Å². The Bertz CT molecular complexity index is 1080. The molecule has 0 spiro atoms. The van der Waals surface area contributed by atoms with Crippen molar-refractivity contribution in [1.29, 1.82) is 0 Å². The van der Waals surface area contributed by atoms with Gasteiger partial charge in [-0.1, -0.05) is 6.92 Å². The molecule has 29 heavy (non-hydrogen) atoms. The van der Waals surface area contributed by atoms with E-state index in [2.05, 4.69) is 9.71 Å². The molecule has 1 aliphatic rings. The molecule has 1 N–H and O–H groups in total. The lowest BCUT2D eigenvalue weighted by Crippen LogP contribution is -2.34. The zero-order valence-electron chi connectivity index (χ0n) is 16.7. The first-order valence-corrected chi connectivity index (χ1v) is 10.5. The number of carbonyl (C=O) groups excluding carboxylic acids is 1. The number of methoxy groups -OCH3 is 2. The minimum absolute atomic E-state index is 0.0245. The molecule has 0 aliphatic carbocycles. The monoisotopic (exact) mass is 417 g/mol. The molecule has 1 aliphatic heterocycles. The number of hydrogen-bond donors (Lipinski definition) is 1. The van der Waals surface area contributed by atoms with Gasteiger partial charge in [0.05, 0.1) is 19.9 Å². The normalized spacial score (nSPS) is 14.6. The Hall–Kier alpha value is -3.07.